The number of anilines is 1. The lowest BCUT2D eigenvalue weighted by Crippen LogP contribution is -2.48. The average Bonchev–Trinajstić information content (AvgIpc) is 2.74. The van der Waals surface area contributed by atoms with Crippen LogP contribution < -0.4 is 4.90 Å². The smallest absolute Gasteiger partial charge is 0.299 e. The van der Waals surface area contributed by atoms with Gasteiger partial charge in [-0.25, -0.2) is 8.42 Å². The van der Waals surface area contributed by atoms with E-state index in [1.54, 1.807) is 0 Å². The van der Waals surface area contributed by atoms with Crippen molar-refractivity contribution in [3.8, 4) is 0 Å². The number of carbonyl (C=O) groups is 1. The van der Waals surface area contributed by atoms with Crippen LogP contribution in [-0.4, -0.2) is 38.0 Å². The lowest BCUT2D eigenvalue weighted by Gasteiger charge is -2.30. The quantitative estimate of drug-likeness (QED) is 0.797. The Morgan fingerprint density at radius 2 is 1.91 bits per heavy atom. The van der Waals surface area contributed by atoms with E-state index in [4.69, 9.17) is 23.2 Å². The van der Waals surface area contributed by atoms with E-state index in [2.05, 4.69) is 0 Å². The third-order valence-corrected chi connectivity index (χ3v) is 5.78. The molecule has 1 heterocycles. The lowest BCUT2D eigenvalue weighted by molar-refractivity contribution is -0.170. The zero-order valence-electron chi connectivity index (χ0n) is 10.9. The third-order valence-electron chi connectivity index (χ3n) is 3.23. The second-order valence-electron chi connectivity index (χ2n) is 4.80. The minimum absolute atomic E-state index is 0.0278. The standard InChI is InChI=1S/C12H10Cl2F3NO3S/c13-8-2-1-3-9(10(8)14)18(11(19)12(15,16)17)7-4-5-22(20,21)6-7/h1-3,7H,4-6H2. The van der Waals surface area contributed by atoms with E-state index in [0.29, 0.717) is 4.90 Å². The third kappa shape index (κ3) is 3.49. The molecular formula is C12H10Cl2F3NO3S. The van der Waals surface area contributed by atoms with Gasteiger partial charge in [0, 0.05) is 0 Å². The maximum atomic E-state index is 12.8. The number of benzene rings is 1. The number of hydrogen-bond acceptors (Lipinski definition) is 3. The zero-order valence-corrected chi connectivity index (χ0v) is 13.2. The van der Waals surface area contributed by atoms with E-state index in [1.807, 2.05) is 0 Å². The Labute approximate surface area is 134 Å². The molecule has 1 atom stereocenters. The second kappa shape index (κ2) is 5.90. The van der Waals surface area contributed by atoms with Crippen LogP contribution in [0.2, 0.25) is 10.0 Å². The predicted molar refractivity (Wildman–Crippen MR) is 77.1 cm³/mol. The molecule has 4 nitrogen and oxygen atoms in total. The SMILES string of the molecule is O=C(N(c1cccc(Cl)c1Cl)C1CCS(=O)(=O)C1)C(F)(F)F. The van der Waals surface area contributed by atoms with Gasteiger partial charge in [-0.05, 0) is 18.6 Å². The van der Waals surface area contributed by atoms with Gasteiger partial charge < -0.3 is 0 Å². The average molecular weight is 376 g/mol. The van der Waals surface area contributed by atoms with Crippen LogP contribution in [0.4, 0.5) is 18.9 Å². The van der Waals surface area contributed by atoms with Gasteiger partial charge in [0.2, 0.25) is 0 Å². The summed E-state index contributed by atoms with van der Waals surface area (Å²) in [6.45, 7) is 0. The number of alkyl halides is 3. The molecule has 122 valence electrons. The molecule has 1 aliphatic rings. The van der Waals surface area contributed by atoms with Crippen molar-refractivity contribution in [2.45, 2.75) is 18.6 Å². The molecule has 0 radical (unpaired) electrons. The molecule has 10 heteroatoms. The van der Waals surface area contributed by atoms with Gasteiger partial charge in [0.1, 0.15) is 0 Å². The number of sulfone groups is 1. The summed E-state index contributed by atoms with van der Waals surface area (Å²) in [5.41, 5.74) is -0.251. The van der Waals surface area contributed by atoms with Crippen LogP contribution in [0, 0.1) is 0 Å². The highest BCUT2D eigenvalue weighted by Gasteiger charge is 2.48. The summed E-state index contributed by atoms with van der Waals surface area (Å²) in [5, 5.41) is -0.258. The normalized spacial score (nSPS) is 20.9. The maximum absolute atomic E-state index is 12.8. The predicted octanol–water partition coefficient (Wildman–Crippen LogP) is 3.08. The summed E-state index contributed by atoms with van der Waals surface area (Å²) >= 11 is 11.7. The molecule has 1 amide bonds. The molecule has 0 bridgehead atoms. The summed E-state index contributed by atoms with van der Waals surface area (Å²) in [6.07, 6.45) is -5.25. The minimum atomic E-state index is -5.15. The van der Waals surface area contributed by atoms with Gasteiger partial charge >= 0.3 is 12.1 Å². The van der Waals surface area contributed by atoms with Crippen molar-refractivity contribution in [3.63, 3.8) is 0 Å². The highest BCUT2D eigenvalue weighted by atomic mass is 35.5. The highest BCUT2D eigenvalue weighted by Crippen LogP contribution is 2.37. The van der Waals surface area contributed by atoms with Gasteiger partial charge in [-0.2, -0.15) is 13.2 Å². The number of amides is 1. The molecule has 2 rings (SSSR count). The molecule has 22 heavy (non-hydrogen) atoms. The van der Waals surface area contributed by atoms with Crippen LogP contribution in [0.5, 0.6) is 0 Å². The first-order valence-electron chi connectivity index (χ1n) is 6.08. The number of nitrogens with zero attached hydrogens (tertiary/aromatic N) is 1. The highest BCUT2D eigenvalue weighted by molar-refractivity contribution is 7.91. The van der Waals surface area contributed by atoms with Gasteiger partial charge in [-0.1, -0.05) is 29.3 Å². The summed E-state index contributed by atoms with van der Waals surface area (Å²) in [4.78, 5) is 12.1. The minimum Gasteiger partial charge on any atom is -0.299 e. The number of rotatable bonds is 2. The van der Waals surface area contributed by atoms with Crippen molar-refractivity contribution in [2.24, 2.45) is 0 Å². The molecule has 0 spiro atoms. The summed E-state index contributed by atoms with van der Waals surface area (Å²) in [6, 6.07) is 2.76. The van der Waals surface area contributed by atoms with Crippen molar-refractivity contribution < 1.29 is 26.4 Å². The summed E-state index contributed by atoms with van der Waals surface area (Å²) in [7, 11) is -3.49. The molecular weight excluding hydrogens is 366 g/mol. The first-order valence-corrected chi connectivity index (χ1v) is 8.65. The molecule has 0 N–H and O–H groups in total. The fraction of sp³-hybridized carbons (Fsp3) is 0.417. The van der Waals surface area contributed by atoms with Crippen molar-refractivity contribution in [1.82, 2.24) is 0 Å². The van der Waals surface area contributed by atoms with Crippen LogP contribution in [-0.2, 0) is 14.6 Å². The van der Waals surface area contributed by atoms with Gasteiger partial charge in [0.15, 0.2) is 9.84 Å². The van der Waals surface area contributed by atoms with Crippen LogP contribution in [0.3, 0.4) is 0 Å². The Hall–Kier alpha value is -0.990. The molecule has 1 aliphatic heterocycles. The topological polar surface area (TPSA) is 54.5 Å². The Balaban J connectivity index is 2.51. The van der Waals surface area contributed by atoms with Crippen molar-refractivity contribution in [3.05, 3.63) is 28.2 Å². The summed E-state index contributed by atoms with van der Waals surface area (Å²) < 4.78 is 61.6. The van der Waals surface area contributed by atoms with Crippen molar-refractivity contribution in [2.75, 3.05) is 16.4 Å². The first kappa shape index (κ1) is 17.4. The lowest BCUT2D eigenvalue weighted by atomic mass is 10.1. The van der Waals surface area contributed by atoms with Gasteiger partial charge in [-0.15, -0.1) is 0 Å². The first-order chi connectivity index (χ1) is 10.0. The number of carbonyl (C=O) groups excluding carboxylic acids is 1. The number of halogens is 5. The van der Waals surface area contributed by atoms with Crippen molar-refractivity contribution in [1.29, 1.82) is 0 Å². The summed E-state index contributed by atoms with van der Waals surface area (Å²) in [5.74, 6) is -2.99. The molecule has 1 aromatic rings. The molecule has 0 saturated carbocycles. The van der Waals surface area contributed by atoms with Crippen molar-refractivity contribution >= 4 is 44.6 Å². The molecule has 1 saturated heterocycles. The second-order valence-corrected chi connectivity index (χ2v) is 7.82. The Morgan fingerprint density at radius 3 is 2.41 bits per heavy atom. The molecule has 1 aromatic carbocycles. The Morgan fingerprint density at radius 1 is 1.27 bits per heavy atom. The Bertz CT molecular complexity index is 706. The van der Waals surface area contributed by atoms with E-state index < -0.39 is 33.7 Å². The van der Waals surface area contributed by atoms with Crippen LogP contribution in [0.15, 0.2) is 18.2 Å². The zero-order chi connectivity index (χ0) is 16.7. The maximum Gasteiger partial charge on any atom is 0.471 e. The largest absolute Gasteiger partial charge is 0.471 e. The van der Waals surface area contributed by atoms with Crippen LogP contribution in [0.25, 0.3) is 0 Å². The van der Waals surface area contributed by atoms with Gasteiger partial charge in [0.25, 0.3) is 0 Å². The van der Waals surface area contributed by atoms with E-state index in [0.717, 1.165) is 0 Å². The van der Waals surface area contributed by atoms with E-state index >= 15 is 0 Å². The van der Waals surface area contributed by atoms with Gasteiger partial charge in [0.05, 0.1) is 33.3 Å². The molecule has 1 unspecified atom stereocenters. The van der Waals surface area contributed by atoms with E-state index in [1.165, 1.54) is 18.2 Å². The van der Waals surface area contributed by atoms with Crippen LogP contribution in [0.1, 0.15) is 6.42 Å². The van der Waals surface area contributed by atoms with E-state index in [-0.39, 0.29) is 27.9 Å². The fourth-order valence-electron chi connectivity index (χ4n) is 2.27. The van der Waals surface area contributed by atoms with Gasteiger partial charge in [-0.3, -0.25) is 9.69 Å². The Kier molecular flexibility index (Phi) is 4.66. The van der Waals surface area contributed by atoms with Crippen LogP contribution >= 0.6 is 23.2 Å². The molecule has 1 fully saturated rings. The molecule has 0 aliphatic carbocycles. The monoisotopic (exact) mass is 375 g/mol. The van der Waals surface area contributed by atoms with E-state index in [9.17, 15) is 26.4 Å². The molecule has 0 aromatic heterocycles. The fourth-order valence-corrected chi connectivity index (χ4v) is 4.35. The number of hydrogen-bond donors (Lipinski definition) is 0.